The number of carbonyl (C=O) groups is 1. The molecule has 0 aliphatic rings. The molecule has 11 heteroatoms. The lowest BCUT2D eigenvalue weighted by molar-refractivity contribution is -0.385. The highest BCUT2D eigenvalue weighted by Gasteiger charge is 2.35. The van der Waals surface area contributed by atoms with Crippen molar-refractivity contribution in [3.05, 3.63) is 73.8 Å². The van der Waals surface area contributed by atoms with Gasteiger partial charge in [-0.05, 0) is 29.8 Å². The third kappa shape index (κ3) is 6.65. The van der Waals surface area contributed by atoms with Crippen LogP contribution in [0.15, 0.2) is 42.5 Å². The Morgan fingerprint density at radius 2 is 1.86 bits per heavy atom. The van der Waals surface area contributed by atoms with Gasteiger partial charge in [-0.3, -0.25) is 14.9 Å². The molecule has 2 aromatic carbocycles. The maximum Gasteiger partial charge on any atom is 0.418 e. The molecule has 2 aromatic rings. The highest BCUT2D eigenvalue weighted by atomic mass is 35.5. The Balaban J connectivity index is 1.92. The van der Waals surface area contributed by atoms with Gasteiger partial charge in [-0.15, -0.1) is 0 Å². The maximum absolute atomic E-state index is 13.1. The molecule has 0 saturated heterocycles. The topological polar surface area (TPSA) is 84.3 Å². The van der Waals surface area contributed by atoms with Crippen molar-refractivity contribution < 1.29 is 22.9 Å². The number of nitro groups is 1. The summed E-state index contributed by atoms with van der Waals surface area (Å²) in [5.74, 6) is -0.474. The van der Waals surface area contributed by atoms with Gasteiger partial charge < -0.3 is 10.6 Å². The Bertz CT molecular complexity index is 950. The predicted molar refractivity (Wildman–Crippen MR) is 105 cm³/mol. The van der Waals surface area contributed by atoms with E-state index in [4.69, 9.17) is 23.2 Å². The van der Waals surface area contributed by atoms with E-state index in [0.29, 0.717) is 21.7 Å². The van der Waals surface area contributed by atoms with Crippen molar-refractivity contribution in [1.29, 1.82) is 0 Å². The summed E-state index contributed by atoms with van der Waals surface area (Å²) in [4.78, 5) is 21.6. The van der Waals surface area contributed by atoms with Crippen molar-refractivity contribution in [2.75, 3.05) is 18.4 Å². The van der Waals surface area contributed by atoms with E-state index in [1.165, 1.54) is 18.2 Å². The molecular formula is C18H14Cl2F3N3O3. The normalized spacial score (nSPS) is 11.5. The fourth-order valence-corrected chi connectivity index (χ4v) is 2.75. The van der Waals surface area contributed by atoms with Crippen LogP contribution in [0.5, 0.6) is 0 Å². The number of nitrogens with one attached hydrogen (secondary N) is 2. The van der Waals surface area contributed by atoms with Crippen LogP contribution in [0.3, 0.4) is 0 Å². The molecule has 0 spiro atoms. The second-order valence-electron chi connectivity index (χ2n) is 5.70. The van der Waals surface area contributed by atoms with Crippen LogP contribution in [0.1, 0.15) is 11.1 Å². The Morgan fingerprint density at radius 1 is 1.14 bits per heavy atom. The van der Waals surface area contributed by atoms with E-state index in [2.05, 4.69) is 10.6 Å². The Labute approximate surface area is 173 Å². The summed E-state index contributed by atoms with van der Waals surface area (Å²) in [6.45, 7) is -0.00597. The second kappa shape index (κ2) is 9.62. The maximum atomic E-state index is 13.1. The third-order valence-electron chi connectivity index (χ3n) is 3.64. The zero-order valence-electron chi connectivity index (χ0n) is 14.6. The minimum absolute atomic E-state index is 0.0197. The summed E-state index contributed by atoms with van der Waals surface area (Å²) in [6, 6.07) is 7.16. The summed E-state index contributed by atoms with van der Waals surface area (Å²) in [5, 5.41) is 16.5. The van der Waals surface area contributed by atoms with Crippen LogP contribution < -0.4 is 10.6 Å². The van der Waals surface area contributed by atoms with Crippen molar-refractivity contribution in [3.8, 4) is 0 Å². The number of halogens is 5. The van der Waals surface area contributed by atoms with Crippen molar-refractivity contribution in [1.82, 2.24) is 5.32 Å². The van der Waals surface area contributed by atoms with Crippen LogP contribution in [0.4, 0.5) is 24.5 Å². The second-order valence-corrected chi connectivity index (χ2v) is 6.55. The molecular weight excluding hydrogens is 434 g/mol. The first-order valence-corrected chi connectivity index (χ1v) is 8.84. The summed E-state index contributed by atoms with van der Waals surface area (Å²) in [6.07, 6.45) is -2.07. The van der Waals surface area contributed by atoms with E-state index in [1.807, 2.05) is 0 Å². The van der Waals surface area contributed by atoms with E-state index in [1.54, 1.807) is 12.1 Å². The number of carbonyl (C=O) groups excluding carboxylic acids is 1. The van der Waals surface area contributed by atoms with Crippen molar-refractivity contribution in [2.45, 2.75) is 6.18 Å². The standard InChI is InChI=1S/C18H14Cl2F3N3O3/c19-12-3-1-11(15(20)9-12)2-6-17(27)25-8-7-24-16-5-4-13(26(28)29)10-14(16)18(21,22)23/h1-6,9-10,24H,7-8H2,(H,25,27)/b6-2+. The van der Waals surface area contributed by atoms with E-state index in [9.17, 15) is 28.1 Å². The molecule has 0 unspecified atom stereocenters. The van der Waals surface area contributed by atoms with Crippen LogP contribution in [-0.4, -0.2) is 23.9 Å². The number of amides is 1. The molecule has 29 heavy (non-hydrogen) atoms. The Morgan fingerprint density at radius 3 is 2.48 bits per heavy atom. The molecule has 0 heterocycles. The average molecular weight is 448 g/mol. The first-order chi connectivity index (χ1) is 13.6. The summed E-state index contributed by atoms with van der Waals surface area (Å²) in [7, 11) is 0. The van der Waals surface area contributed by atoms with Crippen LogP contribution in [-0.2, 0) is 11.0 Å². The first kappa shape index (κ1) is 22.5. The number of non-ortho nitro benzene ring substituents is 1. The van der Waals surface area contributed by atoms with Gasteiger partial charge >= 0.3 is 6.18 Å². The average Bonchev–Trinajstić information content (AvgIpc) is 2.63. The Kier molecular flexibility index (Phi) is 7.46. The minimum atomic E-state index is -4.77. The number of rotatable bonds is 7. The van der Waals surface area contributed by atoms with Gasteiger partial charge in [-0.25, -0.2) is 0 Å². The molecule has 0 radical (unpaired) electrons. The van der Waals surface area contributed by atoms with Gasteiger partial charge in [0.05, 0.1) is 10.5 Å². The van der Waals surface area contributed by atoms with Gasteiger partial charge in [0.15, 0.2) is 0 Å². The molecule has 6 nitrogen and oxygen atoms in total. The fourth-order valence-electron chi connectivity index (χ4n) is 2.28. The van der Waals surface area contributed by atoms with E-state index >= 15 is 0 Å². The zero-order chi connectivity index (χ0) is 21.6. The number of hydrogen-bond acceptors (Lipinski definition) is 4. The molecule has 2 N–H and O–H groups in total. The highest BCUT2D eigenvalue weighted by Crippen LogP contribution is 2.36. The van der Waals surface area contributed by atoms with Gasteiger partial charge in [-0.2, -0.15) is 13.2 Å². The zero-order valence-corrected chi connectivity index (χ0v) is 16.1. The van der Waals surface area contributed by atoms with Crippen LogP contribution >= 0.6 is 23.2 Å². The molecule has 0 fully saturated rings. The SMILES string of the molecule is O=C(/C=C/c1ccc(Cl)cc1Cl)NCCNc1ccc([N+](=O)[O-])cc1C(F)(F)F. The molecule has 0 atom stereocenters. The van der Waals surface area contributed by atoms with Crippen LogP contribution in [0, 0.1) is 10.1 Å². The molecule has 0 saturated carbocycles. The lowest BCUT2D eigenvalue weighted by Gasteiger charge is -2.14. The fraction of sp³-hybridized carbons (Fsp3) is 0.167. The number of nitro benzene ring substituents is 1. The molecule has 0 aromatic heterocycles. The number of alkyl halides is 3. The van der Waals surface area contributed by atoms with Gasteiger partial charge in [0, 0.05) is 47.0 Å². The molecule has 154 valence electrons. The predicted octanol–water partition coefficient (Wildman–Crippen LogP) is 5.16. The lowest BCUT2D eigenvalue weighted by Crippen LogP contribution is -2.27. The molecule has 0 bridgehead atoms. The van der Waals surface area contributed by atoms with Gasteiger partial charge in [0.1, 0.15) is 0 Å². The summed E-state index contributed by atoms with van der Waals surface area (Å²) >= 11 is 11.8. The smallest absolute Gasteiger partial charge is 0.383 e. The van der Waals surface area contributed by atoms with E-state index in [-0.39, 0.29) is 18.8 Å². The summed E-state index contributed by atoms with van der Waals surface area (Å²) in [5.41, 5.74) is -1.57. The molecule has 0 aliphatic heterocycles. The molecule has 2 rings (SSSR count). The van der Waals surface area contributed by atoms with Crippen molar-refractivity contribution in [3.63, 3.8) is 0 Å². The van der Waals surface area contributed by atoms with Crippen molar-refractivity contribution in [2.24, 2.45) is 0 Å². The summed E-state index contributed by atoms with van der Waals surface area (Å²) < 4.78 is 39.3. The number of hydrogen-bond donors (Lipinski definition) is 2. The number of benzene rings is 2. The van der Waals surface area contributed by atoms with Crippen molar-refractivity contribution >= 4 is 46.6 Å². The Hall–Kier alpha value is -2.78. The first-order valence-electron chi connectivity index (χ1n) is 8.08. The van der Waals surface area contributed by atoms with E-state index < -0.39 is 28.3 Å². The monoisotopic (exact) mass is 447 g/mol. The van der Waals surface area contributed by atoms with Gasteiger partial charge in [0.2, 0.25) is 5.91 Å². The van der Waals surface area contributed by atoms with Crippen LogP contribution in [0.2, 0.25) is 10.0 Å². The largest absolute Gasteiger partial charge is 0.418 e. The quantitative estimate of drug-likeness (QED) is 0.265. The highest BCUT2D eigenvalue weighted by molar-refractivity contribution is 6.35. The number of nitrogens with zero attached hydrogens (tertiary/aromatic N) is 1. The molecule has 0 aliphatic carbocycles. The third-order valence-corrected chi connectivity index (χ3v) is 4.20. The number of anilines is 1. The van der Waals surface area contributed by atoms with Gasteiger partial charge in [-0.1, -0.05) is 29.3 Å². The van der Waals surface area contributed by atoms with Gasteiger partial charge in [0.25, 0.3) is 5.69 Å². The van der Waals surface area contributed by atoms with Crippen LogP contribution in [0.25, 0.3) is 6.08 Å². The lowest BCUT2D eigenvalue weighted by atomic mass is 10.1. The van der Waals surface area contributed by atoms with E-state index in [0.717, 1.165) is 12.1 Å². The molecule has 1 amide bonds. The minimum Gasteiger partial charge on any atom is -0.383 e.